The van der Waals surface area contributed by atoms with Gasteiger partial charge in [0.1, 0.15) is 18.1 Å². The Bertz CT molecular complexity index is 1200. The van der Waals surface area contributed by atoms with E-state index < -0.39 is 6.04 Å². The number of aryl methyl sites for hydroxylation is 1. The van der Waals surface area contributed by atoms with Crippen LogP contribution in [0, 0.1) is 6.92 Å². The Labute approximate surface area is 210 Å². The summed E-state index contributed by atoms with van der Waals surface area (Å²) in [5, 5.41) is 11.5. The van der Waals surface area contributed by atoms with Crippen molar-refractivity contribution in [3.63, 3.8) is 0 Å². The first kappa shape index (κ1) is 24.4. The van der Waals surface area contributed by atoms with Gasteiger partial charge in [0, 0.05) is 26.3 Å². The quantitative estimate of drug-likeness (QED) is 0.494. The molecule has 2 fully saturated rings. The minimum Gasteiger partial charge on any atom is -0.376 e. The number of fused-ring (bicyclic) bond motifs is 1. The molecular formula is C27H33N5O4. The van der Waals surface area contributed by atoms with Gasteiger partial charge in [0.2, 0.25) is 11.8 Å². The van der Waals surface area contributed by atoms with Gasteiger partial charge in [0.15, 0.2) is 0 Å². The highest BCUT2D eigenvalue weighted by atomic mass is 16.5. The fraction of sp³-hybridized carbons (Fsp3) is 0.481. The summed E-state index contributed by atoms with van der Waals surface area (Å²) < 4.78 is 13.2. The van der Waals surface area contributed by atoms with Crippen molar-refractivity contribution >= 4 is 22.8 Å². The maximum absolute atomic E-state index is 13.9. The molecule has 2 aliphatic heterocycles. The average molecular weight is 492 g/mol. The van der Waals surface area contributed by atoms with Crippen LogP contribution in [0.25, 0.3) is 11.0 Å². The molecular weight excluding hydrogens is 458 g/mol. The van der Waals surface area contributed by atoms with Gasteiger partial charge in [-0.2, -0.15) is 0 Å². The second kappa shape index (κ2) is 11.2. The number of nitrogens with one attached hydrogen (secondary N) is 1. The van der Waals surface area contributed by atoms with Crippen LogP contribution in [0.4, 0.5) is 0 Å². The average Bonchev–Trinajstić information content (AvgIpc) is 3.67. The second-order valence-corrected chi connectivity index (χ2v) is 9.56. The third-order valence-corrected chi connectivity index (χ3v) is 7.02. The molecule has 0 saturated carbocycles. The highest BCUT2D eigenvalue weighted by molar-refractivity contribution is 5.89. The van der Waals surface area contributed by atoms with Gasteiger partial charge in [-0.05, 0) is 55.9 Å². The van der Waals surface area contributed by atoms with Crippen molar-refractivity contribution in [2.75, 3.05) is 26.3 Å². The molecule has 190 valence electrons. The van der Waals surface area contributed by atoms with E-state index in [4.69, 9.17) is 9.47 Å². The van der Waals surface area contributed by atoms with E-state index in [1.807, 2.05) is 55.5 Å². The molecule has 9 heteroatoms. The number of amides is 2. The molecule has 3 aromatic rings. The molecule has 3 heterocycles. The number of carbonyl (C=O) groups is 2. The zero-order valence-electron chi connectivity index (χ0n) is 20.6. The van der Waals surface area contributed by atoms with Crippen LogP contribution in [0.15, 0.2) is 48.5 Å². The Kier molecular flexibility index (Phi) is 7.58. The summed E-state index contributed by atoms with van der Waals surface area (Å²) in [4.78, 5) is 29.3. The lowest BCUT2D eigenvalue weighted by Gasteiger charge is -2.34. The van der Waals surface area contributed by atoms with Crippen molar-refractivity contribution in [2.45, 2.75) is 57.4 Å². The molecule has 0 radical (unpaired) electrons. The van der Waals surface area contributed by atoms with Crippen molar-refractivity contribution in [2.24, 2.45) is 0 Å². The summed E-state index contributed by atoms with van der Waals surface area (Å²) >= 11 is 0. The Morgan fingerprint density at radius 1 is 1.06 bits per heavy atom. The first-order valence-corrected chi connectivity index (χ1v) is 12.7. The van der Waals surface area contributed by atoms with E-state index >= 15 is 0 Å². The topological polar surface area (TPSA) is 98.6 Å². The van der Waals surface area contributed by atoms with Crippen molar-refractivity contribution in [3.8, 4) is 0 Å². The Hall–Kier alpha value is -3.30. The highest BCUT2D eigenvalue weighted by Crippen LogP contribution is 2.28. The number of hydrogen-bond donors (Lipinski definition) is 1. The molecule has 1 aromatic heterocycles. The van der Waals surface area contributed by atoms with Gasteiger partial charge >= 0.3 is 0 Å². The van der Waals surface area contributed by atoms with Crippen LogP contribution in [0.5, 0.6) is 0 Å². The predicted octanol–water partition coefficient (Wildman–Crippen LogP) is 2.78. The van der Waals surface area contributed by atoms with Gasteiger partial charge in [-0.3, -0.25) is 9.59 Å². The largest absolute Gasteiger partial charge is 0.376 e. The monoisotopic (exact) mass is 491 g/mol. The molecule has 3 unspecified atom stereocenters. The van der Waals surface area contributed by atoms with Crippen molar-refractivity contribution in [1.82, 2.24) is 25.2 Å². The van der Waals surface area contributed by atoms with E-state index in [-0.39, 0.29) is 30.6 Å². The lowest BCUT2D eigenvalue weighted by Crippen LogP contribution is -2.49. The van der Waals surface area contributed by atoms with Gasteiger partial charge in [0.25, 0.3) is 0 Å². The number of carbonyl (C=O) groups excluding carboxylic acids is 2. The summed E-state index contributed by atoms with van der Waals surface area (Å²) in [5.74, 6) is -0.420. The molecule has 36 heavy (non-hydrogen) atoms. The molecule has 1 N–H and O–H groups in total. The van der Waals surface area contributed by atoms with Crippen molar-refractivity contribution in [1.29, 1.82) is 0 Å². The maximum Gasteiger partial charge on any atom is 0.247 e. The van der Waals surface area contributed by atoms with Crippen LogP contribution >= 0.6 is 0 Å². The standard InChI is InChI=1S/C27H33N5O4/c1-19-8-2-3-11-22(19)26(27(34)28-16-20-9-6-14-35-20)31(17-21-10-7-15-36-21)25(33)18-32-24-13-5-4-12-23(24)29-30-32/h2-5,8,11-13,20-21,26H,6-7,9-10,14-18H2,1H3,(H,28,34). The first-order valence-electron chi connectivity index (χ1n) is 12.7. The molecule has 2 amide bonds. The van der Waals surface area contributed by atoms with E-state index in [9.17, 15) is 9.59 Å². The Morgan fingerprint density at radius 3 is 2.53 bits per heavy atom. The van der Waals surface area contributed by atoms with Crippen LogP contribution in [0.3, 0.4) is 0 Å². The number of aromatic nitrogens is 3. The summed E-state index contributed by atoms with van der Waals surface area (Å²) in [7, 11) is 0. The van der Waals surface area contributed by atoms with Crippen LogP contribution in [0.2, 0.25) is 0 Å². The first-order chi connectivity index (χ1) is 17.6. The minimum atomic E-state index is -0.793. The molecule has 9 nitrogen and oxygen atoms in total. The minimum absolute atomic E-state index is 0.00954. The molecule has 2 aliphatic rings. The zero-order chi connectivity index (χ0) is 24.9. The number of ether oxygens (including phenoxy) is 2. The lowest BCUT2D eigenvalue weighted by molar-refractivity contribution is -0.143. The number of benzene rings is 2. The summed E-state index contributed by atoms with van der Waals surface area (Å²) in [5.41, 5.74) is 3.25. The third-order valence-electron chi connectivity index (χ3n) is 7.02. The fourth-order valence-electron chi connectivity index (χ4n) is 5.07. The van der Waals surface area contributed by atoms with Crippen molar-refractivity contribution in [3.05, 3.63) is 59.7 Å². The van der Waals surface area contributed by atoms with Gasteiger partial charge in [-0.15, -0.1) is 5.10 Å². The van der Waals surface area contributed by atoms with E-state index in [0.29, 0.717) is 19.7 Å². The van der Waals surface area contributed by atoms with Crippen LogP contribution in [0.1, 0.15) is 42.9 Å². The van der Waals surface area contributed by atoms with E-state index in [0.717, 1.165) is 54.5 Å². The van der Waals surface area contributed by atoms with Crippen LogP contribution < -0.4 is 5.32 Å². The summed E-state index contributed by atoms with van der Waals surface area (Å²) in [6, 6.07) is 14.5. The number of rotatable bonds is 9. The van der Waals surface area contributed by atoms with Crippen LogP contribution in [-0.2, 0) is 25.6 Å². The number of nitrogens with zero attached hydrogens (tertiary/aromatic N) is 4. The third kappa shape index (κ3) is 5.42. The van der Waals surface area contributed by atoms with Gasteiger partial charge in [-0.25, -0.2) is 4.68 Å². The van der Waals surface area contributed by atoms with E-state index in [1.165, 1.54) is 0 Å². The lowest BCUT2D eigenvalue weighted by atomic mass is 9.98. The number of hydrogen-bond acceptors (Lipinski definition) is 6. The highest BCUT2D eigenvalue weighted by Gasteiger charge is 2.35. The fourth-order valence-corrected chi connectivity index (χ4v) is 5.07. The normalized spacial score (nSPS) is 20.5. The maximum atomic E-state index is 13.9. The van der Waals surface area contributed by atoms with Crippen molar-refractivity contribution < 1.29 is 19.1 Å². The van der Waals surface area contributed by atoms with Crippen LogP contribution in [-0.4, -0.2) is 70.2 Å². The Morgan fingerprint density at radius 2 is 1.78 bits per heavy atom. The van der Waals surface area contributed by atoms with Gasteiger partial charge in [0.05, 0.1) is 17.7 Å². The molecule has 0 spiro atoms. The second-order valence-electron chi connectivity index (χ2n) is 9.56. The molecule has 0 aliphatic carbocycles. The summed E-state index contributed by atoms with van der Waals surface area (Å²) in [6.45, 7) is 4.09. The zero-order valence-corrected chi connectivity index (χ0v) is 20.6. The SMILES string of the molecule is Cc1ccccc1C(C(=O)NCC1CCCO1)N(CC1CCCO1)C(=O)Cn1nnc2ccccc21. The Balaban J connectivity index is 1.46. The molecule has 0 bridgehead atoms. The predicted molar refractivity (Wildman–Crippen MR) is 134 cm³/mol. The van der Waals surface area contributed by atoms with Gasteiger partial charge in [-0.1, -0.05) is 41.6 Å². The van der Waals surface area contributed by atoms with Gasteiger partial charge < -0.3 is 19.7 Å². The summed E-state index contributed by atoms with van der Waals surface area (Å²) in [6.07, 6.45) is 3.62. The molecule has 5 rings (SSSR count). The molecule has 2 saturated heterocycles. The number of para-hydroxylation sites is 1. The smallest absolute Gasteiger partial charge is 0.247 e. The molecule has 2 aromatic carbocycles. The molecule has 3 atom stereocenters. The van der Waals surface area contributed by atoms with E-state index in [2.05, 4.69) is 15.6 Å². The van der Waals surface area contributed by atoms with E-state index in [1.54, 1.807) is 9.58 Å².